The first-order valence-electron chi connectivity index (χ1n) is 2.82. The Balaban J connectivity index is 2.56. The molecule has 0 aromatic carbocycles. The molecule has 2 heteroatoms. The Morgan fingerprint density at radius 1 is 1.75 bits per heavy atom. The van der Waals surface area contributed by atoms with Crippen LogP contribution < -0.4 is 0 Å². The highest BCUT2D eigenvalue weighted by atomic mass is 32.2. The molecule has 0 N–H and O–H groups in total. The molecule has 1 unspecified atom stereocenters. The van der Waals surface area contributed by atoms with Gasteiger partial charge in [-0.15, -0.1) is 11.8 Å². The lowest BCUT2D eigenvalue weighted by Gasteiger charge is -2.08. The molecular formula is C6H9NS. The maximum absolute atomic E-state index is 8.55. The maximum Gasteiger partial charge on any atom is 0.0995 e. The van der Waals surface area contributed by atoms with Gasteiger partial charge in [-0.3, -0.25) is 0 Å². The molecule has 0 bridgehead atoms. The summed E-state index contributed by atoms with van der Waals surface area (Å²) in [7, 11) is 0. The second-order valence-corrected chi connectivity index (χ2v) is 3.89. The van der Waals surface area contributed by atoms with E-state index in [0.717, 1.165) is 6.42 Å². The summed E-state index contributed by atoms with van der Waals surface area (Å²) in [6.45, 7) is 2.02. The molecule has 0 aromatic rings. The van der Waals surface area contributed by atoms with Gasteiger partial charge < -0.3 is 0 Å². The molecule has 1 aliphatic rings. The first kappa shape index (κ1) is 5.97. The van der Waals surface area contributed by atoms with Gasteiger partial charge in [0, 0.05) is 0 Å². The summed E-state index contributed by atoms with van der Waals surface area (Å²) < 4.78 is -0.0417. The summed E-state index contributed by atoms with van der Waals surface area (Å²) in [6.07, 6.45) is 2.29. The molecule has 1 heterocycles. The van der Waals surface area contributed by atoms with Crippen LogP contribution in [0.5, 0.6) is 0 Å². The minimum Gasteiger partial charge on any atom is -0.197 e. The second-order valence-electron chi connectivity index (χ2n) is 2.29. The van der Waals surface area contributed by atoms with Crippen LogP contribution in [0.3, 0.4) is 0 Å². The van der Waals surface area contributed by atoms with Crippen LogP contribution in [0.25, 0.3) is 0 Å². The predicted molar refractivity (Wildman–Crippen MR) is 35.7 cm³/mol. The third-order valence-corrected chi connectivity index (χ3v) is 2.88. The molecule has 1 aliphatic heterocycles. The Hall–Kier alpha value is -0.160. The Kier molecular flexibility index (Phi) is 1.48. The molecular weight excluding hydrogens is 118 g/mol. The standard InChI is InChI=1S/C6H9NS/c1-6(5-7)3-2-4-8-6/h2-4H2,1H3. The van der Waals surface area contributed by atoms with E-state index in [4.69, 9.17) is 5.26 Å². The first-order valence-corrected chi connectivity index (χ1v) is 3.81. The quantitative estimate of drug-likeness (QED) is 0.495. The fourth-order valence-electron chi connectivity index (χ4n) is 0.867. The van der Waals surface area contributed by atoms with Crippen molar-refractivity contribution in [1.82, 2.24) is 0 Å². The van der Waals surface area contributed by atoms with Gasteiger partial charge in [0.2, 0.25) is 0 Å². The third kappa shape index (κ3) is 0.976. The van der Waals surface area contributed by atoms with Gasteiger partial charge >= 0.3 is 0 Å². The molecule has 44 valence electrons. The normalized spacial score (nSPS) is 37.0. The molecule has 0 aliphatic carbocycles. The van der Waals surface area contributed by atoms with Gasteiger partial charge in [-0.05, 0) is 25.5 Å². The van der Waals surface area contributed by atoms with E-state index in [2.05, 4.69) is 6.07 Å². The molecule has 0 spiro atoms. The van der Waals surface area contributed by atoms with Crippen molar-refractivity contribution in [2.24, 2.45) is 0 Å². The smallest absolute Gasteiger partial charge is 0.0995 e. The molecule has 1 fully saturated rings. The van der Waals surface area contributed by atoms with Crippen LogP contribution >= 0.6 is 11.8 Å². The average Bonchev–Trinajstić information content (AvgIpc) is 2.17. The number of hydrogen-bond donors (Lipinski definition) is 0. The minimum atomic E-state index is -0.0417. The molecule has 0 radical (unpaired) electrons. The van der Waals surface area contributed by atoms with E-state index in [-0.39, 0.29) is 4.75 Å². The summed E-state index contributed by atoms with van der Waals surface area (Å²) in [5.41, 5.74) is 0. The highest BCUT2D eigenvalue weighted by Crippen LogP contribution is 2.36. The van der Waals surface area contributed by atoms with E-state index >= 15 is 0 Å². The predicted octanol–water partition coefficient (Wildman–Crippen LogP) is 1.80. The SMILES string of the molecule is CC1(C#N)CCCS1. The Morgan fingerprint density at radius 3 is 2.75 bits per heavy atom. The van der Waals surface area contributed by atoms with Crippen molar-refractivity contribution in [2.75, 3.05) is 5.75 Å². The number of hydrogen-bond acceptors (Lipinski definition) is 2. The van der Waals surface area contributed by atoms with Gasteiger partial charge in [0.15, 0.2) is 0 Å². The van der Waals surface area contributed by atoms with E-state index in [0.29, 0.717) is 0 Å². The Morgan fingerprint density at radius 2 is 2.50 bits per heavy atom. The second kappa shape index (κ2) is 1.99. The highest BCUT2D eigenvalue weighted by molar-refractivity contribution is 8.01. The average molecular weight is 127 g/mol. The van der Waals surface area contributed by atoms with E-state index in [1.54, 1.807) is 11.8 Å². The third-order valence-electron chi connectivity index (χ3n) is 1.46. The Labute approximate surface area is 54.1 Å². The lowest BCUT2D eigenvalue weighted by molar-refractivity contribution is 0.735. The summed E-state index contributed by atoms with van der Waals surface area (Å²) in [5, 5.41) is 8.55. The van der Waals surface area contributed by atoms with Crippen molar-refractivity contribution in [3.05, 3.63) is 0 Å². The van der Waals surface area contributed by atoms with Crippen LogP contribution in [0.4, 0.5) is 0 Å². The van der Waals surface area contributed by atoms with Crippen LogP contribution in [0.2, 0.25) is 0 Å². The van der Waals surface area contributed by atoms with Crippen molar-refractivity contribution < 1.29 is 0 Å². The molecule has 1 atom stereocenters. The summed E-state index contributed by atoms with van der Waals surface area (Å²) in [5.74, 6) is 1.17. The van der Waals surface area contributed by atoms with Crippen LogP contribution in [0, 0.1) is 11.3 Å². The molecule has 1 saturated heterocycles. The zero-order valence-corrected chi connectivity index (χ0v) is 5.79. The topological polar surface area (TPSA) is 23.8 Å². The molecule has 1 nitrogen and oxygen atoms in total. The van der Waals surface area contributed by atoms with Crippen molar-refractivity contribution in [3.63, 3.8) is 0 Å². The summed E-state index contributed by atoms with van der Waals surface area (Å²) >= 11 is 1.78. The maximum atomic E-state index is 8.55. The van der Waals surface area contributed by atoms with Crippen LogP contribution in [-0.4, -0.2) is 10.5 Å². The zero-order chi connectivity index (χ0) is 6.04. The number of nitrogens with zero attached hydrogens (tertiary/aromatic N) is 1. The molecule has 8 heavy (non-hydrogen) atoms. The van der Waals surface area contributed by atoms with E-state index in [1.807, 2.05) is 6.92 Å². The van der Waals surface area contributed by atoms with Crippen LogP contribution in [0.1, 0.15) is 19.8 Å². The van der Waals surface area contributed by atoms with Crippen molar-refractivity contribution in [2.45, 2.75) is 24.5 Å². The largest absolute Gasteiger partial charge is 0.197 e. The van der Waals surface area contributed by atoms with Gasteiger partial charge in [-0.25, -0.2) is 0 Å². The lowest BCUT2D eigenvalue weighted by Crippen LogP contribution is -2.10. The monoisotopic (exact) mass is 127 g/mol. The van der Waals surface area contributed by atoms with Gasteiger partial charge in [0.05, 0.1) is 10.8 Å². The van der Waals surface area contributed by atoms with Crippen molar-refractivity contribution in [1.29, 1.82) is 5.26 Å². The van der Waals surface area contributed by atoms with Crippen LogP contribution in [0.15, 0.2) is 0 Å². The first-order chi connectivity index (χ1) is 3.77. The number of rotatable bonds is 0. The molecule has 0 amide bonds. The van der Waals surface area contributed by atoms with Gasteiger partial charge in [0.1, 0.15) is 0 Å². The van der Waals surface area contributed by atoms with Gasteiger partial charge in [-0.2, -0.15) is 5.26 Å². The molecule has 1 rings (SSSR count). The Bertz CT molecular complexity index is 119. The van der Waals surface area contributed by atoms with Crippen molar-refractivity contribution in [3.8, 4) is 6.07 Å². The fourth-order valence-corrected chi connectivity index (χ4v) is 1.96. The summed E-state index contributed by atoms with van der Waals surface area (Å²) in [4.78, 5) is 0. The van der Waals surface area contributed by atoms with E-state index in [9.17, 15) is 0 Å². The van der Waals surface area contributed by atoms with E-state index < -0.39 is 0 Å². The van der Waals surface area contributed by atoms with Crippen molar-refractivity contribution >= 4 is 11.8 Å². The van der Waals surface area contributed by atoms with Gasteiger partial charge in [0.25, 0.3) is 0 Å². The minimum absolute atomic E-state index is 0.0417. The van der Waals surface area contributed by atoms with Gasteiger partial charge in [-0.1, -0.05) is 0 Å². The highest BCUT2D eigenvalue weighted by Gasteiger charge is 2.28. The number of thioether (sulfide) groups is 1. The molecule has 0 saturated carbocycles. The fraction of sp³-hybridized carbons (Fsp3) is 0.833. The summed E-state index contributed by atoms with van der Waals surface area (Å²) in [6, 6.07) is 2.30. The lowest BCUT2D eigenvalue weighted by atomic mass is 10.1. The number of nitriles is 1. The van der Waals surface area contributed by atoms with E-state index in [1.165, 1.54) is 12.2 Å². The van der Waals surface area contributed by atoms with Crippen LogP contribution in [-0.2, 0) is 0 Å². The zero-order valence-electron chi connectivity index (χ0n) is 4.98. The molecule has 0 aromatic heterocycles.